The average Bonchev–Trinajstić information content (AvgIpc) is 2.98. The molecule has 1 saturated heterocycles. The zero-order valence-electron chi connectivity index (χ0n) is 16.8. The van der Waals surface area contributed by atoms with E-state index >= 15 is 0 Å². The quantitative estimate of drug-likeness (QED) is 0.191. The van der Waals surface area contributed by atoms with E-state index in [-0.39, 0.29) is 17.1 Å². The summed E-state index contributed by atoms with van der Waals surface area (Å²) in [5.41, 5.74) is 0.853. The Morgan fingerprint density at radius 1 is 1.16 bits per heavy atom. The van der Waals surface area contributed by atoms with E-state index in [2.05, 4.69) is 22.6 Å². The van der Waals surface area contributed by atoms with Gasteiger partial charge in [-0.05, 0) is 72.0 Å². The van der Waals surface area contributed by atoms with Crippen molar-refractivity contribution in [1.82, 2.24) is 4.90 Å². The number of hydrogen-bond donors (Lipinski definition) is 0. The van der Waals surface area contributed by atoms with Crippen molar-refractivity contribution in [2.24, 2.45) is 0 Å². The van der Waals surface area contributed by atoms with Crippen LogP contribution in [0.25, 0.3) is 6.08 Å². The van der Waals surface area contributed by atoms with Crippen LogP contribution in [0, 0.1) is 13.7 Å². The Morgan fingerprint density at radius 2 is 1.87 bits per heavy atom. The van der Waals surface area contributed by atoms with Crippen molar-refractivity contribution in [3.8, 4) is 11.5 Å². The predicted molar refractivity (Wildman–Crippen MR) is 126 cm³/mol. The van der Waals surface area contributed by atoms with Crippen LogP contribution in [-0.4, -0.2) is 34.2 Å². The topological polar surface area (TPSA) is 99.0 Å². The number of carbonyl (C=O) groups is 2. The first kappa shape index (κ1) is 23.1. The van der Waals surface area contributed by atoms with E-state index in [9.17, 15) is 19.7 Å². The first-order valence-electron chi connectivity index (χ1n) is 9.42. The van der Waals surface area contributed by atoms with E-state index < -0.39 is 16.1 Å². The molecule has 2 amide bonds. The second-order valence-electron chi connectivity index (χ2n) is 6.35. The van der Waals surface area contributed by atoms with E-state index in [1.54, 1.807) is 24.3 Å². The first-order chi connectivity index (χ1) is 14.8. The molecule has 0 N–H and O–H groups in total. The molecule has 162 valence electrons. The summed E-state index contributed by atoms with van der Waals surface area (Å²) < 4.78 is 12.1. The highest BCUT2D eigenvalue weighted by Gasteiger charge is 2.36. The summed E-state index contributed by atoms with van der Waals surface area (Å²) in [4.78, 5) is 37.3. The highest BCUT2D eigenvalue weighted by molar-refractivity contribution is 14.1. The van der Waals surface area contributed by atoms with Gasteiger partial charge in [-0.3, -0.25) is 24.6 Å². The van der Waals surface area contributed by atoms with Crippen LogP contribution in [0.2, 0.25) is 0 Å². The van der Waals surface area contributed by atoms with Gasteiger partial charge in [-0.25, -0.2) is 0 Å². The Kier molecular flexibility index (Phi) is 7.55. The molecule has 0 saturated carbocycles. The number of imide groups is 1. The number of amides is 2. The summed E-state index contributed by atoms with van der Waals surface area (Å²) in [5, 5.41) is 10.8. The van der Waals surface area contributed by atoms with Gasteiger partial charge in [0.05, 0.1) is 33.2 Å². The van der Waals surface area contributed by atoms with Crippen LogP contribution in [-0.2, 0) is 11.3 Å². The lowest BCUT2D eigenvalue weighted by Gasteiger charge is -2.14. The van der Waals surface area contributed by atoms with Gasteiger partial charge < -0.3 is 9.47 Å². The highest BCUT2D eigenvalue weighted by atomic mass is 127. The van der Waals surface area contributed by atoms with Gasteiger partial charge in [-0.1, -0.05) is 18.2 Å². The molecule has 1 aliphatic rings. The SMILES string of the molecule is CCOc1cc(/C=C2/SC(=O)N(Cc3ccccc3[N+](=O)[O-])C2=O)cc(I)c1OCC. The number of carbonyl (C=O) groups excluding carboxylic acids is 2. The largest absolute Gasteiger partial charge is 0.490 e. The molecule has 1 aliphatic heterocycles. The predicted octanol–water partition coefficient (Wildman–Crippen LogP) is 5.23. The molecule has 0 aliphatic carbocycles. The number of para-hydroxylation sites is 1. The van der Waals surface area contributed by atoms with Crippen molar-refractivity contribution in [1.29, 1.82) is 0 Å². The van der Waals surface area contributed by atoms with E-state index in [1.807, 2.05) is 19.9 Å². The number of thioether (sulfide) groups is 1. The molecule has 0 unspecified atom stereocenters. The fourth-order valence-electron chi connectivity index (χ4n) is 3.00. The van der Waals surface area contributed by atoms with Gasteiger partial charge in [0.15, 0.2) is 11.5 Å². The molecule has 2 aromatic rings. The minimum absolute atomic E-state index is 0.132. The minimum atomic E-state index is -0.526. The summed E-state index contributed by atoms with van der Waals surface area (Å²) in [5.74, 6) is 0.697. The molecule has 0 aromatic heterocycles. The lowest BCUT2D eigenvalue weighted by Crippen LogP contribution is -2.27. The Labute approximate surface area is 196 Å². The summed E-state index contributed by atoms with van der Waals surface area (Å²) in [6.45, 7) is 4.52. The second kappa shape index (κ2) is 10.1. The van der Waals surface area contributed by atoms with Crippen molar-refractivity contribution in [2.45, 2.75) is 20.4 Å². The molecule has 1 fully saturated rings. The summed E-state index contributed by atoms with van der Waals surface area (Å²) in [6.07, 6.45) is 1.62. The van der Waals surface area contributed by atoms with Gasteiger partial charge in [0.1, 0.15) is 0 Å². The molecule has 3 rings (SSSR count). The maximum atomic E-state index is 12.9. The molecule has 1 heterocycles. The lowest BCUT2D eigenvalue weighted by molar-refractivity contribution is -0.385. The van der Waals surface area contributed by atoms with E-state index in [4.69, 9.17) is 9.47 Å². The third-order valence-electron chi connectivity index (χ3n) is 4.31. The fraction of sp³-hybridized carbons (Fsp3) is 0.238. The normalized spacial score (nSPS) is 14.9. The maximum Gasteiger partial charge on any atom is 0.293 e. The molecule has 10 heteroatoms. The summed E-state index contributed by atoms with van der Waals surface area (Å²) in [7, 11) is 0. The van der Waals surface area contributed by atoms with Crippen molar-refractivity contribution in [2.75, 3.05) is 13.2 Å². The number of benzene rings is 2. The number of nitro groups is 1. The molecule has 31 heavy (non-hydrogen) atoms. The highest BCUT2D eigenvalue weighted by Crippen LogP contribution is 2.38. The third kappa shape index (κ3) is 5.18. The van der Waals surface area contributed by atoms with Crippen molar-refractivity contribution < 1.29 is 24.0 Å². The second-order valence-corrected chi connectivity index (χ2v) is 8.51. The average molecular weight is 554 g/mol. The van der Waals surface area contributed by atoms with Gasteiger partial charge in [0.2, 0.25) is 0 Å². The molecule has 0 bridgehead atoms. The fourth-order valence-corrected chi connectivity index (χ4v) is 4.62. The molecule has 2 aromatic carbocycles. The van der Waals surface area contributed by atoms with Crippen LogP contribution >= 0.6 is 34.4 Å². The van der Waals surface area contributed by atoms with E-state index in [1.165, 1.54) is 12.1 Å². The Bertz CT molecular complexity index is 1070. The molecule has 0 atom stereocenters. The van der Waals surface area contributed by atoms with E-state index in [0.717, 1.165) is 20.2 Å². The number of ether oxygens (including phenoxy) is 2. The van der Waals surface area contributed by atoms with Gasteiger partial charge in [0, 0.05) is 11.6 Å². The van der Waals surface area contributed by atoms with Crippen LogP contribution in [0.15, 0.2) is 41.3 Å². The van der Waals surface area contributed by atoms with Crippen LogP contribution in [0.4, 0.5) is 10.5 Å². The lowest BCUT2D eigenvalue weighted by atomic mass is 10.1. The van der Waals surface area contributed by atoms with Crippen molar-refractivity contribution in [3.63, 3.8) is 0 Å². The number of nitrogens with zero attached hydrogens (tertiary/aromatic N) is 2. The molecular weight excluding hydrogens is 535 g/mol. The maximum absolute atomic E-state index is 12.9. The van der Waals surface area contributed by atoms with Crippen molar-refractivity contribution in [3.05, 3.63) is 66.1 Å². The molecule has 8 nitrogen and oxygen atoms in total. The third-order valence-corrected chi connectivity index (χ3v) is 6.02. The van der Waals surface area contributed by atoms with Gasteiger partial charge in [-0.2, -0.15) is 0 Å². The number of rotatable bonds is 8. The van der Waals surface area contributed by atoms with Crippen molar-refractivity contribution >= 4 is 57.3 Å². The molecular formula is C21H19IN2O6S. The van der Waals surface area contributed by atoms with E-state index in [0.29, 0.717) is 35.8 Å². The Hall–Kier alpha value is -2.60. The van der Waals surface area contributed by atoms with Crippen LogP contribution < -0.4 is 9.47 Å². The van der Waals surface area contributed by atoms with Gasteiger partial charge in [0.25, 0.3) is 16.8 Å². The van der Waals surface area contributed by atoms with Gasteiger partial charge in [-0.15, -0.1) is 0 Å². The van der Waals surface area contributed by atoms with Crippen LogP contribution in [0.1, 0.15) is 25.0 Å². The molecule has 0 spiro atoms. The Balaban J connectivity index is 1.89. The standard InChI is InChI=1S/C21H19IN2O6S/c1-3-29-17-10-13(9-15(22)19(17)30-4-2)11-18-20(25)23(21(26)31-18)12-14-7-5-6-8-16(14)24(27)28/h5-11H,3-4,12H2,1-2H3/b18-11+. The zero-order chi connectivity index (χ0) is 22.5. The number of halogens is 1. The monoisotopic (exact) mass is 554 g/mol. The number of hydrogen-bond acceptors (Lipinski definition) is 7. The van der Waals surface area contributed by atoms with Gasteiger partial charge >= 0.3 is 0 Å². The summed E-state index contributed by atoms with van der Waals surface area (Å²) >= 11 is 2.94. The number of nitro benzene ring substituents is 1. The smallest absolute Gasteiger partial charge is 0.293 e. The molecule has 0 radical (unpaired) electrons. The minimum Gasteiger partial charge on any atom is -0.490 e. The van der Waals surface area contributed by atoms with Crippen LogP contribution in [0.5, 0.6) is 11.5 Å². The first-order valence-corrected chi connectivity index (χ1v) is 11.3. The van der Waals surface area contributed by atoms with Crippen LogP contribution in [0.3, 0.4) is 0 Å². The zero-order valence-corrected chi connectivity index (χ0v) is 19.8. The Morgan fingerprint density at radius 3 is 2.55 bits per heavy atom. The summed E-state index contributed by atoms with van der Waals surface area (Å²) in [6, 6.07) is 9.65.